The number of hydrogen-bond donors (Lipinski definition) is 1. The lowest BCUT2D eigenvalue weighted by molar-refractivity contribution is -0.124. The molecule has 140 valence electrons. The molecule has 0 aromatic heterocycles. The Bertz CT molecular complexity index is 854. The van der Waals surface area contributed by atoms with Crippen molar-refractivity contribution in [2.24, 2.45) is 5.92 Å². The molecule has 0 bridgehead atoms. The van der Waals surface area contributed by atoms with Gasteiger partial charge in [-0.2, -0.15) is 5.26 Å². The zero-order chi connectivity index (χ0) is 20.0. The summed E-state index contributed by atoms with van der Waals surface area (Å²) in [7, 11) is 0. The van der Waals surface area contributed by atoms with E-state index in [9.17, 15) is 19.2 Å². The van der Waals surface area contributed by atoms with Crippen LogP contribution in [0.4, 0.5) is 4.39 Å². The normalized spacial score (nSPS) is 12.7. The summed E-state index contributed by atoms with van der Waals surface area (Å²) in [6.45, 7) is 5.11. The van der Waals surface area contributed by atoms with Gasteiger partial charge in [0.05, 0.1) is 6.07 Å². The highest BCUT2D eigenvalue weighted by molar-refractivity contribution is 6.09. The van der Waals surface area contributed by atoms with E-state index in [1.54, 1.807) is 31.2 Å². The van der Waals surface area contributed by atoms with Gasteiger partial charge in [0, 0.05) is 11.1 Å². The van der Waals surface area contributed by atoms with Crippen molar-refractivity contribution in [1.82, 2.24) is 5.32 Å². The summed E-state index contributed by atoms with van der Waals surface area (Å²) in [5, 5.41) is 11.9. The fraction of sp³-hybridized carbons (Fsp3) is 0.286. The monoisotopic (exact) mass is 368 g/mol. The smallest absolute Gasteiger partial charge is 0.259 e. The number of carbonyl (C=O) groups excluding carboxylic acids is 2. The van der Waals surface area contributed by atoms with Crippen LogP contribution in [-0.2, 0) is 4.79 Å². The van der Waals surface area contributed by atoms with Crippen LogP contribution in [0.1, 0.15) is 36.7 Å². The second kappa shape index (κ2) is 8.45. The highest BCUT2D eigenvalue weighted by Gasteiger charge is 2.30. The van der Waals surface area contributed by atoms with Crippen molar-refractivity contribution in [3.05, 3.63) is 65.5 Å². The van der Waals surface area contributed by atoms with Crippen LogP contribution in [0.3, 0.4) is 0 Å². The van der Waals surface area contributed by atoms with Crippen LogP contribution >= 0.6 is 0 Å². The van der Waals surface area contributed by atoms with Gasteiger partial charge in [0.1, 0.15) is 17.1 Å². The van der Waals surface area contributed by atoms with Crippen molar-refractivity contribution in [1.29, 1.82) is 5.26 Å². The van der Waals surface area contributed by atoms with E-state index in [4.69, 9.17) is 4.74 Å². The van der Waals surface area contributed by atoms with Crippen molar-refractivity contribution in [2.75, 3.05) is 6.61 Å². The molecule has 0 heterocycles. The Hall–Kier alpha value is -3.20. The first-order valence-electron chi connectivity index (χ1n) is 8.50. The Morgan fingerprint density at radius 2 is 1.63 bits per heavy atom. The molecule has 1 N–H and O–H groups in total. The van der Waals surface area contributed by atoms with Gasteiger partial charge in [-0.1, -0.05) is 13.8 Å². The number of rotatable bonds is 7. The van der Waals surface area contributed by atoms with Gasteiger partial charge >= 0.3 is 0 Å². The SMILES string of the molecule is CC(C)[C@](C)(C#N)NC(=O)COc1ccc(C(=O)c2ccc(F)cc2)cc1. The fourth-order valence-electron chi connectivity index (χ4n) is 2.25. The molecular formula is C21H21FN2O3. The minimum absolute atomic E-state index is 0.0526. The van der Waals surface area contributed by atoms with Crippen molar-refractivity contribution >= 4 is 11.7 Å². The number of halogens is 1. The molecule has 0 saturated carbocycles. The zero-order valence-electron chi connectivity index (χ0n) is 15.5. The Morgan fingerprint density at radius 3 is 2.11 bits per heavy atom. The first-order chi connectivity index (χ1) is 12.7. The average molecular weight is 368 g/mol. The predicted octanol–water partition coefficient (Wildman–Crippen LogP) is 3.49. The fourth-order valence-corrected chi connectivity index (χ4v) is 2.25. The second-order valence-electron chi connectivity index (χ2n) is 6.67. The molecule has 0 spiro atoms. The highest BCUT2D eigenvalue weighted by Crippen LogP contribution is 2.17. The van der Waals surface area contributed by atoms with Gasteiger partial charge in [-0.15, -0.1) is 0 Å². The van der Waals surface area contributed by atoms with E-state index >= 15 is 0 Å². The Balaban J connectivity index is 1.96. The summed E-state index contributed by atoms with van der Waals surface area (Å²) < 4.78 is 18.4. The van der Waals surface area contributed by atoms with Crippen LogP contribution < -0.4 is 10.1 Å². The number of nitrogens with one attached hydrogen (secondary N) is 1. The number of carbonyl (C=O) groups is 2. The molecule has 2 rings (SSSR count). The minimum atomic E-state index is -0.966. The van der Waals surface area contributed by atoms with Gasteiger partial charge in [-0.3, -0.25) is 9.59 Å². The third kappa shape index (κ3) is 5.14. The van der Waals surface area contributed by atoms with Gasteiger partial charge in [0.15, 0.2) is 12.4 Å². The number of benzene rings is 2. The molecule has 0 saturated heterocycles. The van der Waals surface area contributed by atoms with Gasteiger partial charge in [0.2, 0.25) is 0 Å². The van der Waals surface area contributed by atoms with Gasteiger partial charge in [0.25, 0.3) is 5.91 Å². The van der Waals surface area contributed by atoms with E-state index in [0.29, 0.717) is 16.9 Å². The number of nitriles is 1. The van der Waals surface area contributed by atoms with Crippen LogP contribution in [0.15, 0.2) is 48.5 Å². The second-order valence-corrected chi connectivity index (χ2v) is 6.67. The van der Waals surface area contributed by atoms with Crippen LogP contribution in [-0.4, -0.2) is 23.8 Å². The van der Waals surface area contributed by atoms with Gasteiger partial charge in [-0.25, -0.2) is 4.39 Å². The van der Waals surface area contributed by atoms with E-state index in [0.717, 1.165) is 0 Å². The Kier molecular flexibility index (Phi) is 6.30. The van der Waals surface area contributed by atoms with E-state index in [1.807, 2.05) is 13.8 Å². The molecule has 0 aliphatic rings. The number of nitrogens with zero attached hydrogens (tertiary/aromatic N) is 1. The lowest BCUT2D eigenvalue weighted by atomic mass is 9.90. The van der Waals surface area contributed by atoms with Crippen LogP contribution in [0, 0.1) is 23.1 Å². The summed E-state index contributed by atoms with van der Waals surface area (Å²) in [6.07, 6.45) is 0. The molecule has 2 aromatic carbocycles. The quantitative estimate of drug-likeness (QED) is 0.759. The lowest BCUT2D eigenvalue weighted by Gasteiger charge is -2.27. The molecule has 0 radical (unpaired) electrons. The number of ketones is 1. The van der Waals surface area contributed by atoms with Gasteiger partial charge in [-0.05, 0) is 61.4 Å². The number of ether oxygens (including phenoxy) is 1. The third-order valence-electron chi connectivity index (χ3n) is 4.38. The van der Waals surface area contributed by atoms with E-state index in [-0.39, 0.29) is 18.3 Å². The first-order valence-corrected chi connectivity index (χ1v) is 8.50. The van der Waals surface area contributed by atoms with Crippen LogP contribution in [0.2, 0.25) is 0 Å². The Morgan fingerprint density at radius 1 is 1.11 bits per heavy atom. The van der Waals surface area contributed by atoms with Crippen LogP contribution in [0.5, 0.6) is 5.75 Å². The molecule has 6 heteroatoms. The maximum absolute atomic E-state index is 12.9. The molecule has 0 aliphatic heterocycles. The number of amides is 1. The first kappa shape index (κ1) is 20.1. The van der Waals surface area contributed by atoms with Crippen molar-refractivity contribution < 1.29 is 18.7 Å². The topological polar surface area (TPSA) is 79.2 Å². The summed E-state index contributed by atoms with van der Waals surface area (Å²) in [5.41, 5.74) is -0.157. The standard InChI is InChI=1S/C21H21FN2O3/c1-14(2)21(3,13-23)24-19(25)12-27-18-10-6-16(7-11-18)20(26)15-4-8-17(22)9-5-15/h4-11,14H,12H2,1-3H3,(H,24,25)/t21-/m0/s1. The van der Waals surface area contributed by atoms with Gasteiger partial charge < -0.3 is 10.1 Å². The average Bonchev–Trinajstić information content (AvgIpc) is 2.66. The summed E-state index contributed by atoms with van der Waals surface area (Å²) >= 11 is 0. The molecule has 2 aromatic rings. The summed E-state index contributed by atoms with van der Waals surface area (Å²) in [6, 6.07) is 13.7. The minimum Gasteiger partial charge on any atom is -0.484 e. The maximum Gasteiger partial charge on any atom is 0.259 e. The number of hydrogen-bond acceptors (Lipinski definition) is 4. The molecule has 1 atom stereocenters. The molecule has 1 amide bonds. The molecular weight excluding hydrogens is 347 g/mol. The zero-order valence-corrected chi connectivity index (χ0v) is 15.5. The largest absolute Gasteiger partial charge is 0.484 e. The lowest BCUT2D eigenvalue weighted by Crippen LogP contribution is -2.50. The summed E-state index contributed by atoms with van der Waals surface area (Å²) in [5.74, 6) is -0.675. The molecule has 0 unspecified atom stereocenters. The van der Waals surface area contributed by atoms with Crippen molar-refractivity contribution in [3.8, 4) is 11.8 Å². The highest BCUT2D eigenvalue weighted by atomic mass is 19.1. The molecule has 0 fully saturated rings. The van der Waals surface area contributed by atoms with Crippen LogP contribution in [0.25, 0.3) is 0 Å². The van der Waals surface area contributed by atoms with Crippen molar-refractivity contribution in [2.45, 2.75) is 26.3 Å². The Labute approximate surface area is 157 Å². The molecule has 0 aliphatic carbocycles. The third-order valence-corrected chi connectivity index (χ3v) is 4.38. The summed E-state index contributed by atoms with van der Waals surface area (Å²) in [4.78, 5) is 24.3. The van der Waals surface area contributed by atoms with E-state index < -0.39 is 17.3 Å². The van der Waals surface area contributed by atoms with E-state index in [2.05, 4.69) is 11.4 Å². The van der Waals surface area contributed by atoms with Crippen molar-refractivity contribution in [3.63, 3.8) is 0 Å². The molecule has 27 heavy (non-hydrogen) atoms. The molecule has 5 nitrogen and oxygen atoms in total. The predicted molar refractivity (Wildman–Crippen MR) is 98.8 cm³/mol. The van der Waals surface area contributed by atoms with E-state index in [1.165, 1.54) is 24.3 Å². The maximum atomic E-state index is 12.9.